The Kier molecular flexibility index (Phi) is 6.74. The Morgan fingerprint density at radius 1 is 1.16 bits per heavy atom. The van der Waals surface area contributed by atoms with Crippen molar-refractivity contribution in [2.24, 2.45) is 13.0 Å². The van der Waals surface area contributed by atoms with E-state index in [0.29, 0.717) is 30.3 Å². The van der Waals surface area contributed by atoms with Gasteiger partial charge in [0.25, 0.3) is 0 Å². The predicted octanol–water partition coefficient (Wildman–Crippen LogP) is 3.52. The van der Waals surface area contributed by atoms with E-state index in [9.17, 15) is 14.0 Å². The molecule has 172 valence electrons. The molecule has 1 saturated heterocycles. The molecule has 2 aromatic rings. The molecule has 0 radical (unpaired) electrons. The molecule has 2 fully saturated rings. The van der Waals surface area contributed by atoms with E-state index in [4.69, 9.17) is 0 Å². The van der Waals surface area contributed by atoms with Crippen molar-refractivity contribution in [3.8, 4) is 0 Å². The summed E-state index contributed by atoms with van der Waals surface area (Å²) >= 11 is 0. The van der Waals surface area contributed by atoms with E-state index < -0.39 is 0 Å². The maximum Gasteiger partial charge on any atom is 0.226 e. The van der Waals surface area contributed by atoms with Gasteiger partial charge in [0.05, 0.1) is 0 Å². The Balaban J connectivity index is 1.42. The van der Waals surface area contributed by atoms with Crippen LogP contribution >= 0.6 is 0 Å². The smallest absolute Gasteiger partial charge is 0.226 e. The molecular weight excluding hydrogens is 407 g/mol. The number of aryl methyl sites for hydroxylation is 1. The second-order valence-corrected chi connectivity index (χ2v) is 9.38. The van der Waals surface area contributed by atoms with Gasteiger partial charge in [0.1, 0.15) is 11.5 Å². The summed E-state index contributed by atoms with van der Waals surface area (Å²) in [5.74, 6) is 0.177. The lowest BCUT2D eigenvalue weighted by molar-refractivity contribution is -0.140. The highest BCUT2D eigenvalue weighted by molar-refractivity contribution is 5.95. The average molecular weight is 441 g/mol. The van der Waals surface area contributed by atoms with Gasteiger partial charge >= 0.3 is 0 Å². The Labute approximate surface area is 189 Å². The summed E-state index contributed by atoms with van der Waals surface area (Å²) in [4.78, 5) is 29.7. The van der Waals surface area contributed by atoms with Crippen LogP contribution < -0.4 is 0 Å². The number of ketones is 1. The maximum absolute atomic E-state index is 14.8. The number of hydrogen-bond acceptors (Lipinski definition) is 4. The van der Waals surface area contributed by atoms with Crippen molar-refractivity contribution in [1.82, 2.24) is 19.6 Å². The Hall–Kier alpha value is -2.54. The molecule has 0 unspecified atom stereocenters. The zero-order valence-corrected chi connectivity index (χ0v) is 19.3. The van der Waals surface area contributed by atoms with Crippen LogP contribution in [0.15, 0.2) is 24.4 Å². The molecule has 1 aromatic heterocycles. The Morgan fingerprint density at radius 2 is 1.91 bits per heavy atom. The van der Waals surface area contributed by atoms with E-state index in [0.717, 1.165) is 49.9 Å². The first kappa shape index (κ1) is 22.6. The number of halogens is 1. The van der Waals surface area contributed by atoms with Gasteiger partial charge in [0, 0.05) is 63.4 Å². The molecule has 1 atom stereocenters. The van der Waals surface area contributed by atoms with Crippen LogP contribution in [0, 0.1) is 18.7 Å². The molecule has 2 aliphatic rings. The summed E-state index contributed by atoms with van der Waals surface area (Å²) < 4.78 is 16.4. The molecule has 1 aliphatic carbocycles. The summed E-state index contributed by atoms with van der Waals surface area (Å²) in [7, 11) is 1.78. The summed E-state index contributed by atoms with van der Waals surface area (Å²) in [6, 6.07) is 4.99. The van der Waals surface area contributed by atoms with Crippen LogP contribution in [0.1, 0.15) is 59.8 Å². The third-order valence-electron chi connectivity index (χ3n) is 7.08. The molecule has 0 bridgehead atoms. The fraction of sp³-hybridized carbons (Fsp3) is 0.560. The predicted molar refractivity (Wildman–Crippen MR) is 121 cm³/mol. The van der Waals surface area contributed by atoms with Gasteiger partial charge in [0.15, 0.2) is 5.78 Å². The van der Waals surface area contributed by atoms with E-state index in [1.165, 1.54) is 6.07 Å². The number of piperazine rings is 1. The molecule has 4 rings (SSSR count). The molecule has 2 heterocycles. The zero-order valence-electron chi connectivity index (χ0n) is 19.3. The lowest BCUT2D eigenvalue weighted by Crippen LogP contribution is -2.54. The fourth-order valence-electron chi connectivity index (χ4n) is 5.12. The minimum Gasteiger partial charge on any atom is -0.337 e. The highest BCUT2D eigenvalue weighted by Gasteiger charge is 2.33. The number of hydrogen-bond donors (Lipinski definition) is 0. The van der Waals surface area contributed by atoms with Gasteiger partial charge in [-0.2, -0.15) is 5.10 Å². The van der Waals surface area contributed by atoms with E-state index in [2.05, 4.69) is 16.9 Å². The monoisotopic (exact) mass is 440 g/mol. The molecule has 1 aliphatic heterocycles. The van der Waals surface area contributed by atoms with Crippen molar-refractivity contribution in [3.63, 3.8) is 0 Å². The van der Waals surface area contributed by atoms with E-state index in [1.807, 2.05) is 11.8 Å². The highest BCUT2D eigenvalue weighted by Crippen LogP contribution is 2.28. The van der Waals surface area contributed by atoms with Crippen molar-refractivity contribution >= 4 is 11.7 Å². The van der Waals surface area contributed by atoms with Crippen molar-refractivity contribution < 1.29 is 14.0 Å². The SMILES string of the molecule is Cc1c(CC(=O)c2ccn(C)n2)ccc(F)c1CN1CCN(C(=O)C2CCCC2)[C@@H](C)C1. The number of Topliss-reactive ketones (excluding diaryl/α,β-unsaturated/α-hetero) is 1. The van der Waals surface area contributed by atoms with Gasteiger partial charge in [-0.15, -0.1) is 0 Å². The number of amides is 1. The minimum atomic E-state index is -0.242. The average Bonchev–Trinajstić information content (AvgIpc) is 3.45. The number of rotatable bonds is 6. The Bertz CT molecular complexity index is 996. The van der Waals surface area contributed by atoms with E-state index >= 15 is 0 Å². The maximum atomic E-state index is 14.8. The minimum absolute atomic E-state index is 0.0704. The number of nitrogens with zero attached hydrogens (tertiary/aromatic N) is 4. The molecule has 1 amide bonds. The molecule has 0 spiro atoms. The molecule has 7 heteroatoms. The van der Waals surface area contributed by atoms with Gasteiger partial charge in [-0.05, 0) is 49.9 Å². The first-order valence-electron chi connectivity index (χ1n) is 11.7. The topological polar surface area (TPSA) is 58.4 Å². The molecule has 1 aromatic carbocycles. The van der Waals surface area contributed by atoms with Crippen LogP contribution in [0.5, 0.6) is 0 Å². The van der Waals surface area contributed by atoms with Crippen molar-refractivity contribution in [1.29, 1.82) is 0 Å². The lowest BCUT2D eigenvalue weighted by Gasteiger charge is -2.41. The Morgan fingerprint density at radius 3 is 2.56 bits per heavy atom. The lowest BCUT2D eigenvalue weighted by atomic mass is 9.96. The second kappa shape index (κ2) is 9.53. The van der Waals surface area contributed by atoms with Crippen LogP contribution in [-0.4, -0.2) is 56.9 Å². The largest absolute Gasteiger partial charge is 0.337 e. The van der Waals surface area contributed by atoms with Crippen LogP contribution in [-0.2, 0) is 24.8 Å². The zero-order chi connectivity index (χ0) is 22.8. The summed E-state index contributed by atoms with van der Waals surface area (Å²) in [5.41, 5.74) is 2.72. The number of carbonyl (C=O) groups excluding carboxylic acids is 2. The van der Waals surface area contributed by atoms with Gasteiger partial charge in [0.2, 0.25) is 5.91 Å². The van der Waals surface area contributed by atoms with Crippen LogP contribution in [0.4, 0.5) is 4.39 Å². The quantitative estimate of drug-likeness (QED) is 0.645. The third-order valence-corrected chi connectivity index (χ3v) is 7.08. The molecule has 32 heavy (non-hydrogen) atoms. The molecule has 1 saturated carbocycles. The van der Waals surface area contributed by atoms with Gasteiger partial charge < -0.3 is 4.90 Å². The molecule has 0 N–H and O–H groups in total. The fourth-order valence-corrected chi connectivity index (χ4v) is 5.12. The highest BCUT2D eigenvalue weighted by atomic mass is 19.1. The van der Waals surface area contributed by atoms with Gasteiger partial charge in [-0.3, -0.25) is 19.2 Å². The number of carbonyl (C=O) groups is 2. The number of aromatic nitrogens is 2. The summed E-state index contributed by atoms with van der Waals surface area (Å²) in [5, 5.41) is 4.18. The van der Waals surface area contributed by atoms with Crippen LogP contribution in [0.2, 0.25) is 0 Å². The van der Waals surface area contributed by atoms with Crippen LogP contribution in [0.3, 0.4) is 0 Å². The third kappa shape index (κ3) is 4.77. The number of benzene rings is 1. The summed E-state index contributed by atoms with van der Waals surface area (Å²) in [6.07, 6.45) is 6.29. The molecular formula is C25H33FN4O2. The van der Waals surface area contributed by atoms with Crippen LogP contribution in [0.25, 0.3) is 0 Å². The normalized spacial score (nSPS) is 20.1. The van der Waals surface area contributed by atoms with Crippen molar-refractivity contribution in [2.45, 2.75) is 58.5 Å². The summed E-state index contributed by atoms with van der Waals surface area (Å²) in [6.45, 7) is 6.62. The first-order chi connectivity index (χ1) is 15.3. The van der Waals surface area contributed by atoms with Gasteiger partial charge in [-0.25, -0.2) is 4.39 Å². The van der Waals surface area contributed by atoms with E-state index in [1.54, 1.807) is 30.1 Å². The first-order valence-corrected chi connectivity index (χ1v) is 11.7. The van der Waals surface area contributed by atoms with Gasteiger partial charge in [-0.1, -0.05) is 18.9 Å². The standard InChI is InChI=1S/C25H33FN4O2/c1-17-15-29(12-13-30(17)25(32)19-6-4-5-7-19)16-21-18(2)20(8-9-22(21)26)14-24(31)23-10-11-28(3)27-23/h8-11,17,19H,4-7,12-16H2,1-3H3/t17-/m0/s1. The molecule has 6 nitrogen and oxygen atoms in total. The van der Waals surface area contributed by atoms with Crippen molar-refractivity contribution in [2.75, 3.05) is 19.6 Å². The van der Waals surface area contributed by atoms with E-state index in [-0.39, 0.29) is 30.0 Å². The van der Waals surface area contributed by atoms with Crippen molar-refractivity contribution in [3.05, 3.63) is 52.6 Å². The second-order valence-electron chi connectivity index (χ2n) is 9.38.